The van der Waals surface area contributed by atoms with Crippen molar-refractivity contribution in [2.45, 2.75) is 19.3 Å². The molecule has 2 saturated carbocycles. The third-order valence-corrected chi connectivity index (χ3v) is 5.60. The van der Waals surface area contributed by atoms with Crippen molar-refractivity contribution >= 4 is 29.4 Å². The molecule has 0 spiro atoms. The highest BCUT2D eigenvalue weighted by Crippen LogP contribution is 2.56. The largest absolute Gasteiger partial charge is 0.478 e. The molecule has 3 fully saturated rings. The van der Waals surface area contributed by atoms with Gasteiger partial charge >= 0.3 is 11.9 Å². The number of rotatable bonds is 3. The molecule has 1 saturated heterocycles. The van der Waals surface area contributed by atoms with E-state index in [-0.39, 0.29) is 52.3 Å². The summed E-state index contributed by atoms with van der Waals surface area (Å²) in [6.07, 6.45) is 2.78. The molecule has 1 aliphatic heterocycles. The molecular weight excluding hydrogens is 314 g/mol. The van der Waals surface area contributed by atoms with Crippen LogP contribution in [0.4, 0.5) is 5.69 Å². The Hall–Kier alpha value is -2.70. The number of carbonyl (C=O) groups excluding carboxylic acids is 2. The molecule has 2 N–H and O–H groups in total. The third-order valence-electron chi connectivity index (χ3n) is 5.60. The maximum Gasteiger partial charge on any atom is 0.335 e. The van der Waals surface area contributed by atoms with Crippen LogP contribution in [-0.2, 0) is 9.59 Å². The Morgan fingerprint density at radius 2 is 1.33 bits per heavy atom. The molecule has 0 aromatic heterocycles. The minimum atomic E-state index is -1.31. The molecule has 4 atom stereocenters. The molecular formula is C17H15NO6. The molecule has 0 unspecified atom stereocenters. The Balaban J connectivity index is 1.79. The van der Waals surface area contributed by atoms with E-state index >= 15 is 0 Å². The molecule has 1 aromatic carbocycles. The maximum atomic E-state index is 12.8. The van der Waals surface area contributed by atoms with Crippen molar-refractivity contribution in [1.29, 1.82) is 0 Å². The van der Waals surface area contributed by atoms with Gasteiger partial charge in [0.25, 0.3) is 0 Å². The number of carbonyl (C=O) groups is 4. The van der Waals surface area contributed by atoms with Crippen molar-refractivity contribution in [1.82, 2.24) is 0 Å². The van der Waals surface area contributed by atoms with E-state index in [1.165, 1.54) is 12.1 Å². The van der Waals surface area contributed by atoms with E-state index < -0.39 is 11.9 Å². The average Bonchev–Trinajstić information content (AvgIpc) is 3.21. The number of fused-ring (bicyclic) bond motifs is 5. The second-order valence-corrected chi connectivity index (χ2v) is 6.78. The van der Waals surface area contributed by atoms with Crippen LogP contribution in [0, 0.1) is 23.7 Å². The molecule has 4 rings (SSSR count). The lowest BCUT2D eigenvalue weighted by Crippen LogP contribution is -2.33. The number of imide groups is 1. The van der Waals surface area contributed by atoms with Crippen LogP contribution in [0.5, 0.6) is 0 Å². The van der Waals surface area contributed by atoms with Crippen molar-refractivity contribution in [2.24, 2.45) is 23.7 Å². The summed E-state index contributed by atoms with van der Waals surface area (Å²) in [5.41, 5.74) is -0.479. The Morgan fingerprint density at radius 1 is 0.875 bits per heavy atom. The van der Waals surface area contributed by atoms with Gasteiger partial charge in [0.15, 0.2) is 0 Å². The van der Waals surface area contributed by atoms with Crippen molar-refractivity contribution < 1.29 is 29.4 Å². The summed E-state index contributed by atoms with van der Waals surface area (Å²) in [7, 11) is 0. The van der Waals surface area contributed by atoms with Gasteiger partial charge in [-0.2, -0.15) is 0 Å². The topological polar surface area (TPSA) is 112 Å². The van der Waals surface area contributed by atoms with Gasteiger partial charge in [-0.3, -0.25) is 9.59 Å². The van der Waals surface area contributed by atoms with Gasteiger partial charge in [-0.15, -0.1) is 0 Å². The number of aromatic carboxylic acids is 2. The number of hydrogen-bond acceptors (Lipinski definition) is 4. The highest BCUT2D eigenvalue weighted by Gasteiger charge is 2.61. The minimum absolute atomic E-state index is 0.0381. The lowest BCUT2D eigenvalue weighted by molar-refractivity contribution is -0.123. The van der Waals surface area contributed by atoms with Crippen molar-refractivity contribution in [2.75, 3.05) is 4.90 Å². The van der Waals surface area contributed by atoms with E-state index in [0.717, 1.165) is 30.2 Å². The highest BCUT2D eigenvalue weighted by atomic mass is 16.4. The first-order chi connectivity index (χ1) is 11.4. The molecule has 2 amide bonds. The van der Waals surface area contributed by atoms with Gasteiger partial charge in [0.05, 0.1) is 28.7 Å². The molecule has 7 nitrogen and oxygen atoms in total. The number of benzene rings is 1. The zero-order valence-corrected chi connectivity index (χ0v) is 12.6. The Kier molecular flexibility index (Phi) is 3.03. The average molecular weight is 329 g/mol. The van der Waals surface area contributed by atoms with Gasteiger partial charge in [-0.1, -0.05) is 0 Å². The lowest BCUT2D eigenvalue weighted by atomic mass is 9.81. The van der Waals surface area contributed by atoms with E-state index in [2.05, 4.69) is 0 Å². The summed E-state index contributed by atoms with van der Waals surface area (Å²) in [5.74, 6) is -3.51. The quantitative estimate of drug-likeness (QED) is 0.815. The molecule has 1 heterocycles. The lowest BCUT2D eigenvalue weighted by Gasteiger charge is -2.19. The van der Waals surface area contributed by atoms with Crippen LogP contribution in [0.2, 0.25) is 0 Å². The van der Waals surface area contributed by atoms with Crippen LogP contribution in [0.25, 0.3) is 0 Å². The van der Waals surface area contributed by atoms with E-state index in [9.17, 15) is 19.2 Å². The second-order valence-electron chi connectivity index (χ2n) is 6.78. The molecule has 2 aliphatic carbocycles. The maximum absolute atomic E-state index is 12.8. The highest BCUT2D eigenvalue weighted by molar-refractivity contribution is 6.23. The standard InChI is InChI=1S/C17H15NO6/c19-14-12-7-1-2-8(3-7)13(12)15(20)18(14)11-5-9(16(21)22)4-10(6-11)17(23)24/h4-8,12-13H,1-3H2,(H,21,22)(H,23,24)/t7-,8+,12-,13+. The van der Waals surface area contributed by atoms with Gasteiger partial charge < -0.3 is 10.2 Å². The van der Waals surface area contributed by atoms with Crippen LogP contribution < -0.4 is 4.90 Å². The van der Waals surface area contributed by atoms with Crippen LogP contribution in [0.15, 0.2) is 18.2 Å². The molecule has 1 aromatic rings. The van der Waals surface area contributed by atoms with E-state index in [4.69, 9.17) is 10.2 Å². The van der Waals surface area contributed by atoms with Gasteiger partial charge in [0.2, 0.25) is 11.8 Å². The number of hydrogen-bond donors (Lipinski definition) is 2. The van der Waals surface area contributed by atoms with Crippen molar-refractivity contribution in [3.05, 3.63) is 29.3 Å². The predicted octanol–water partition coefficient (Wildman–Crippen LogP) is 1.62. The SMILES string of the molecule is O=C(O)c1cc(C(=O)O)cc(N2C(=O)[C@@H]3[C@@H]4CC[C@@H](C4)[C@@H]3C2=O)c1. The Labute approximate surface area is 136 Å². The van der Waals surface area contributed by atoms with Crippen LogP contribution in [0.3, 0.4) is 0 Å². The molecule has 2 bridgehead atoms. The molecule has 7 heteroatoms. The fourth-order valence-electron chi connectivity index (χ4n) is 4.65. The Bertz CT molecular complexity index is 740. The van der Waals surface area contributed by atoms with Crippen molar-refractivity contribution in [3.63, 3.8) is 0 Å². The summed E-state index contributed by atoms with van der Waals surface area (Å²) in [6, 6.07) is 3.39. The first-order valence-electron chi connectivity index (χ1n) is 7.88. The normalized spacial score (nSPS) is 30.8. The van der Waals surface area contributed by atoms with E-state index in [0.29, 0.717) is 0 Å². The number of amides is 2. The first-order valence-corrected chi connectivity index (χ1v) is 7.88. The summed E-state index contributed by atoms with van der Waals surface area (Å²) in [5, 5.41) is 18.3. The van der Waals surface area contributed by atoms with Crippen LogP contribution >= 0.6 is 0 Å². The molecule has 24 heavy (non-hydrogen) atoms. The number of anilines is 1. The molecule has 0 radical (unpaired) electrons. The smallest absolute Gasteiger partial charge is 0.335 e. The van der Waals surface area contributed by atoms with Crippen LogP contribution in [0.1, 0.15) is 40.0 Å². The van der Waals surface area contributed by atoms with Gasteiger partial charge in [0, 0.05) is 0 Å². The van der Waals surface area contributed by atoms with Gasteiger partial charge in [-0.25, -0.2) is 14.5 Å². The summed E-state index contributed by atoms with van der Waals surface area (Å²) >= 11 is 0. The Morgan fingerprint density at radius 3 is 1.75 bits per heavy atom. The zero-order chi connectivity index (χ0) is 17.2. The monoisotopic (exact) mass is 329 g/mol. The second kappa shape index (κ2) is 4.90. The van der Waals surface area contributed by atoms with Crippen LogP contribution in [-0.4, -0.2) is 34.0 Å². The van der Waals surface area contributed by atoms with Gasteiger partial charge in [0.1, 0.15) is 0 Å². The number of carboxylic acids is 2. The summed E-state index contributed by atoms with van der Waals surface area (Å²) in [6.45, 7) is 0. The van der Waals surface area contributed by atoms with Gasteiger partial charge in [-0.05, 0) is 49.3 Å². The predicted molar refractivity (Wildman–Crippen MR) is 80.7 cm³/mol. The first kappa shape index (κ1) is 14.9. The van der Waals surface area contributed by atoms with E-state index in [1.807, 2.05) is 0 Å². The number of carboxylic acid groups (broad SMARTS) is 2. The fraction of sp³-hybridized carbons (Fsp3) is 0.412. The third kappa shape index (κ3) is 1.90. The summed E-state index contributed by atoms with van der Waals surface area (Å²) < 4.78 is 0. The number of nitrogens with zero attached hydrogens (tertiary/aromatic N) is 1. The van der Waals surface area contributed by atoms with E-state index in [1.54, 1.807) is 0 Å². The van der Waals surface area contributed by atoms with Crippen molar-refractivity contribution in [3.8, 4) is 0 Å². The zero-order valence-electron chi connectivity index (χ0n) is 12.6. The molecule has 124 valence electrons. The fourth-order valence-corrected chi connectivity index (χ4v) is 4.65. The molecule has 3 aliphatic rings. The minimum Gasteiger partial charge on any atom is -0.478 e. The summed E-state index contributed by atoms with van der Waals surface area (Å²) in [4.78, 5) is 49.0.